The normalized spacial score (nSPS) is 10.6. The number of thioether (sulfide) groups is 1. The van der Waals surface area contributed by atoms with Gasteiger partial charge in [-0.2, -0.15) is 11.8 Å². The minimum atomic E-state index is 0.779. The van der Waals surface area contributed by atoms with Crippen molar-refractivity contribution in [2.75, 3.05) is 25.2 Å². The number of rotatable bonds is 9. The number of hydrogen-bond donors (Lipinski definition) is 1. The second-order valence-corrected chi connectivity index (χ2v) is 6.02. The molecule has 0 fully saturated rings. The van der Waals surface area contributed by atoms with Crippen LogP contribution >= 0.6 is 27.7 Å². The molecule has 0 amide bonds. The van der Waals surface area contributed by atoms with Gasteiger partial charge in [-0.15, -0.1) is 0 Å². The fourth-order valence-corrected chi connectivity index (χ4v) is 2.45. The first-order valence-electron chi connectivity index (χ1n) is 6.38. The van der Waals surface area contributed by atoms with Gasteiger partial charge in [0.2, 0.25) is 0 Å². The summed E-state index contributed by atoms with van der Waals surface area (Å²) in [6.07, 6.45) is 4.39. The summed E-state index contributed by atoms with van der Waals surface area (Å²) in [6, 6.07) is 6.20. The Kier molecular flexibility index (Phi) is 8.55. The van der Waals surface area contributed by atoms with Crippen LogP contribution in [-0.2, 0) is 6.54 Å². The van der Waals surface area contributed by atoms with E-state index >= 15 is 0 Å². The second kappa shape index (κ2) is 9.70. The lowest BCUT2D eigenvalue weighted by Gasteiger charge is -2.12. The minimum Gasteiger partial charge on any atom is -0.493 e. The van der Waals surface area contributed by atoms with Crippen LogP contribution in [0.4, 0.5) is 0 Å². The fourth-order valence-electron chi connectivity index (χ4n) is 1.60. The Bertz CT molecular complexity index is 347. The Labute approximate surface area is 123 Å². The van der Waals surface area contributed by atoms with E-state index in [0.717, 1.165) is 36.3 Å². The Morgan fingerprint density at radius 2 is 2.22 bits per heavy atom. The van der Waals surface area contributed by atoms with Crippen molar-refractivity contribution in [2.45, 2.75) is 26.3 Å². The maximum atomic E-state index is 5.75. The van der Waals surface area contributed by atoms with Crippen molar-refractivity contribution >= 4 is 27.7 Å². The molecule has 0 aliphatic heterocycles. The standard InChI is InChI=1S/C14H22BrNOS/c1-3-8-17-14-6-5-13(15)10-12(14)11-16-7-4-9-18-2/h5-6,10,16H,3-4,7-9,11H2,1-2H3. The molecule has 0 saturated heterocycles. The van der Waals surface area contributed by atoms with E-state index in [1.807, 2.05) is 23.9 Å². The lowest BCUT2D eigenvalue weighted by molar-refractivity contribution is 0.313. The van der Waals surface area contributed by atoms with E-state index in [9.17, 15) is 0 Å². The highest BCUT2D eigenvalue weighted by molar-refractivity contribution is 9.10. The minimum absolute atomic E-state index is 0.779. The molecular formula is C14H22BrNOS. The quantitative estimate of drug-likeness (QED) is 0.689. The fraction of sp³-hybridized carbons (Fsp3) is 0.571. The number of ether oxygens (including phenoxy) is 1. The Balaban J connectivity index is 2.47. The van der Waals surface area contributed by atoms with Gasteiger partial charge in [-0.05, 0) is 49.6 Å². The number of benzene rings is 1. The first-order valence-corrected chi connectivity index (χ1v) is 8.57. The van der Waals surface area contributed by atoms with Crippen molar-refractivity contribution < 1.29 is 4.74 Å². The molecule has 1 aromatic rings. The van der Waals surface area contributed by atoms with Crippen LogP contribution in [0.5, 0.6) is 5.75 Å². The zero-order chi connectivity index (χ0) is 13.2. The average molecular weight is 332 g/mol. The van der Waals surface area contributed by atoms with E-state index < -0.39 is 0 Å². The summed E-state index contributed by atoms with van der Waals surface area (Å²) in [5.74, 6) is 2.21. The SMILES string of the molecule is CCCOc1ccc(Br)cc1CNCCCSC. The highest BCUT2D eigenvalue weighted by Crippen LogP contribution is 2.23. The lowest BCUT2D eigenvalue weighted by atomic mass is 10.2. The monoisotopic (exact) mass is 331 g/mol. The lowest BCUT2D eigenvalue weighted by Crippen LogP contribution is -2.16. The molecule has 0 aliphatic carbocycles. The van der Waals surface area contributed by atoms with Gasteiger partial charge in [-0.3, -0.25) is 0 Å². The third-order valence-electron chi connectivity index (χ3n) is 2.50. The molecule has 0 saturated carbocycles. The Morgan fingerprint density at radius 1 is 1.39 bits per heavy atom. The zero-order valence-corrected chi connectivity index (χ0v) is 13.6. The van der Waals surface area contributed by atoms with E-state index in [1.54, 1.807) is 0 Å². The summed E-state index contributed by atoms with van der Waals surface area (Å²) in [6.45, 7) is 4.83. The third kappa shape index (κ3) is 6.12. The zero-order valence-electron chi connectivity index (χ0n) is 11.2. The molecule has 0 heterocycles. The molecule has 18 heavy (non-hydrogen) atoms. The van der Waals surface area contributed by atoms with Crippen LogP contribution in [0.1, 0.15) is 25.3 Å². The topological polar surface area (TPSA) is 21.3 Å². The summed E-state index contributed by atoms with van der Waals surface area (Å²) in [5, 5.41) is 3.47. The predicted octanol–water partition coefficient (Wildman–Crippen LogP) is 4.08. The van der Waals surface area contributed by atoms with Crippen molar-refractivity contribution in [3.8, 4) is 5.75 Å². The van der Waals surface area contributed by atoms with E-state index in [1.165, 1.54) is 17.7 Å². The summed E-state index contributed by atoms with van der Waals surface area (Å²) >= 11 is 5.40. The summed E-state index contributed by atoms with van der Waals surface area (Å²) in [4.78, 5) is 0. The summed E-state index contributed by atoms with van der Waals surface area (Å²) < 4.78 is 6.86. The van der Waals surface area contributed by atoms with Crippen molar-refractivity contribution in [3.63, 3.8) is 0 Å². The van der Waals surface area contributed by atoms with E-state index in [2.05, 4.69) is 40.5 Å². The van der Waals surface area contributed by atoms with Crippen LogP contribution in [0.3, 0.4) is 0 Å². The van der Waals surface area contributed by atoms with Gasteiger partial charge in [0.25, 0.3) is 0 Å². The molecule has 0 unspecified atom stereocenters. The third-order valence-corrected chi connectivity index (χ3v) is 3.69. The molecule has 1 rings (SSSR count). The van der Waals surface area contributed by atoms with E-state index in [0.29, 0.717) is 0 Å². The van der Waals surface area contributed by atoms with Crippen LogP contribution in [0.15, 0.2) is 22.7 Å². The van der Waals surface area contributed by atoms with Gasteiger partial charge in [0.1, 0.15) is 5.75 Å². The van der Waals surface area contributed by atoms with Crippen LogP contribution in [0, 0.1) is 0 Å². The molecule has 4 heteroatoms. The first kappa shape index (κ1) is 15.9. The van der Waals surface area contributed by atoms with Crippen LogP contribution in [0.25, 0.3) is 0 Å². The number of halogens is 1. The highest BCUT2D eigenvalue weighted by atomic mass is 79.9. The average Bonchev–Trinajstić information content (AvgIpc) is 2.37. The number of hydrogen-bond acceptors (Lipinski definition) is 3. The van der Waals surface area contributed by atoms with Crippen molar-refractivity contribution in [1.29, 1.82) is 0 Å². The first-order chi connectivity index (χ1) is 8.77. The summed E-state index contributed by atoms with van der Waals surface area (Å²) in [7, 11) is 0. The molecule has 1 N–H and O–H groups in total. The Hall–Kier alpha value is -0.190. The van der Waals surface area contributed by atoms with Crippen molar-refractivity contribution in [1.82, 2.24) is 5.32 Å². The van der Waals surface area contributed by atoms with Gasteiger partial charge in [0, 0.05) is 16.6 Å². The van der Waals surface area contributed by atoms with Gasteiger partial charge in [-0.25, -0.2) is 0 Å². The molecule has 0 bridgehead atoms. The second-order valence-electron chi connectivity index (χ2n) is 4.12. The van der Waals surface area contributed by atoms with Gasteiger partial charge in [-0.1, -0.05) is 22.9 Å². The number of nitrogens with one attached hydrogen (secondary N) is 1. The molecule has 0 spiro atoms. The predicted molar refractivity (Wildman–Crippen MR) is 84.6 cm³/mol. The molecule has 0 aliphatic rings. The van der Waals surface area contributed by atoms with E-state index in [4.69, 9.17) is 4.74 Å². The summed E-state index contributed by atoms with van der Waals surface area (Å²) in [5.41, 5.74) is 1.22. The van der Waals surface area contributed by atoms with Crippen LogP contribution in [0.2, 0.25) is 0 Å². The maximum absolute atomic E-state index is 5.75. The molecule has 0 radical (unpaired) electrons. The largest absolute Gasteiger partial charge is 0.493 e. The molecular weight excluding hydrogens is 310 g/mol. The maximum Gasteiger partial charge on any atom is 0.123 e. The molecule has 1 aromatic carbocycles. The van der Waals surface area contributed by atoms with Crippen LogP contribution in [-0.4, -0.2) is 25.2 Å². The highest BCUT2D eigenvalue weighted by Gasteiger charge is 2.04. The van der Waals surface area contributed by atoms with Gasteiger partial charge in [0.15, 0.2) is 0 Å². The Morgan fingerprint density at radius 3 is 2.94 bits per heavy atom. The van der Waals surface area contributed by atoms with Crippen molar-refractivity contribution in [3.05, 3.63) is 28.2 Å². The molecule has 0 atom stereocenters. The molecule has 0 aromatic heterocycles. The van der Waals surface area contributed by atoms with Gasteiger partial charge in [0.05, 0.1) is 6.61 Å². The van der Waals surface area contributed by atoms with Gasteiger partial charge < -0.3 is 10.1 Å². The molecule has 102 valence electrons. The smallest absolute Gasteiger partial charge is 0.123 e. The van der Waals surface area contributed by atoms with Crippen LogP contribution < -0.4 is 10.1 Å². The molecule has 2 nitrogen and oxygen atoms in total. The van der Waals surface area contributed by atoms with E-state index in [-0.39, 0.29) is 0 Å². The van der Waals surface area contributed by atoms with Crippen molar-refractivity contribution in [2.24, 2.45) is 0 Å². The van der Waals surface area contributed by atoms with Gasteiger partial charge >= 0.3 is 0 Å².